The highest BCUT2D eigenvalue weighted by atomic mass is 79.9. The molecule has 3 nitrogen and oxygen atoms in total. The Kier molecular flexibility index (Phi) is 4.10. The number of rotatable bonds is 3. The van der Waals surface area contributed by atoms with E-state index in [0.29, 0.717) is 16.9 Å². The van der Waals surface area contributed by atoms with Gasteiger partial charge in [-0.2, -0.15) is 0 Å². The van der Waals surface area contributed by atoms with Gasteiger partial charge in [-0.3, -0.25) is 4.79 Å². The number of nitrogens with zero attached hydrogens (tertiary/aromatic N) is 1. The van der Waals surface area contributed by atoms with E-state index in [1.807, 2.05) is 4.57 Å². The minimum Gasteiger partial charge on any atom is -0.394 e. The van der Waals surface area contributed by atoms with Crippen LogP contribution in [-0.4, -0.2) is 4.57 Å². The monoisotopic (exact) mass is 320 g/mol. The van der Waals surface area contributed by atoms with Gasteiger partial charge in [-0.1, -0.05) is 38.1 Å². The van der Waals surface area contributed by atoms with E-state index in [0.717, 1.165) is 0 Å². The summed E-state index contributed by atoms with van der Waals surface area (Å²) in [6.07, 6.45) is 3.43. The van der Waals surface area contributed by atoms with Crippen molar-refractivity contribution in [2.45, 2.75) is 26.3 Å². The summed E-state index contributed by atoms with van der Waals surface area (Å²) >= 11 is 3.23. The molecule has 0 aliphatic heterocycles. The topological polar surface area (TPSA) is 48.0 Å². The van der Waals surface area contributed by atoms with Gasteiger partial charge in [0.2, 0.25) is 5.43 Å². The largest absolute Gasteiger partial charge is 0.394 e. The molecule has 0 fully saturated rings. The number of benzene rings is 1. The van der Waals surface area contributed by atoms with Crippen molar-refractivity contribution in [3.63, 3.8) is 0 Å². The number of nitrogen functional groups attached to an aromatic ring is 1. The van der Waals surface area contributed by atoms with Crippen LogP contribution in [0, 0.1) is 0 Å². The van der Waals surface area contributed by atoms with Gasteiger partial charge in [0.05, 0.1) is 10.2 Å². The second-order valence-electron chi connectivity index (χ2n) is 4.96. The van der Waals surface area contributed by atoms with E-state index in [-0.39, 0.29) is 11.1 Å². The van der Waals surface area contributed by atoms with Crippen LogP contribution in [0.1, 0.15) is 30.9 Å². The third-order valence-electron chi connectivity index (χ3n) is 3.07. The maximum Gasteiger partial charge on any atom is 0.218 e. The lowest BCUT2D eigenvalue weighted by Gasteiger charge is -2.10. The van der Waals surface area contributed by atoms with Gasteiger partial charge < -0.3 is 10.3 Å². The quantitative estimate of drug-likeness (QED) is 0.942. The van der Waals surface area contributed by atoms with Crippen LogP contribution >= 0.6 is 15.9 Å². The molecule has 0 unspecified atom stereocenters. The van der Waals surface area contributed by atoms with E-state index in [1.165, 1.54) is 11.1 Å². The maximum atomic E-state index is 11.5. The standard InChI is InChI=1S/C15H17BrN2O/c1-10(2)12-5-3-11(4-6-12)7-18-8-13(16)15(19)14(17)9-18/h3-6,8-10H,7,17H2,1-2H3. The maximum absolute atomic E-state index is 11.5. The summed E-state index contributed by atoms with van der Waals surface area (Å²) in [6.45, 7) is 5.05. The highest BCUT2D eigenvalue weighted by molar-refractivity contribution is 9.10. The van der Waals surface area contributed by atoms with Gasteiger partial charge in [0, 0.05) is 18.9 Å². The Morgan fingerprint density at radius 1 is 1.21 bits per heavy atom. The molecule has 0 amide bonds. The average Bonchev–Trinajstić information content (AvgIpc) is 2.36. The first kappa shape index (κ1) is 13.9. The number of aromatic nitrogens is 1. The van der Waals surface area contributed by atoms with Gasteiger partial charge >= 0.3 is 0 Å². The fourth-order valence-corrected chi connectivity index (χ4v) is 2.42. The molecule has 0 saturated heterocycles. The first-order chi connectivity index (χ1) is 8.97. The number of hydrogen-bond acceptors (Lipinski definition) is 2. The Bertz CT molecular complexity index is 603. The zero-order valence-electron chi connectivity index (χ0n) is 11.1. The molecule has 0 atom stereocenters. The molecular formula is C15H17BrN2O. The minimum atomic E-state index is -0.161. The lowest BCUT2D eigenvalue weighted by Crippen LogP contribution is -2.13. The fourth-order valence-electron chi connectivity index (χ4n) is 1.93. The van der Waals surface area contributed by atoms with E-state index in [2.05, 4.69) is 54.0 Å². The molecule has 100 valence electrons. The van der Waals surface area contributed by atoms with Crippen LogP contribution in [-0.2, 0) is 6.54 Å². The zero-order valence-corrected chi connectivity index (χ0v) is 12.6. The van der Waals surface area contributed by atoms with Gasteiger partial charge in [-0.25, -0.2) is 0 Å². The molecular weight excluding hydrogens is 304 g/mol. The highest BCUT2D eigenvalue weighted by Gasteiger charge is 2.03. The fraction of sp³-hybridized carbons (Fsp3) is 0.267. The molecule has 0 bridgehead atoms. The molecule has 4 heteroatoms. The number of nitrogens with two attached hydrogens (primary N) is 1. The molecule has 0 aliphatic carbocycles. The first-order valence-electron chi connectivity index (χ1n) is 6.21. The predicted octanol–water partition coefficient (Wildman–Crippen LogP) is 3.36. The van der Waals surface area contributed by atoms with Gasteiger partial charge in [-0.05, 0) is 33.0 Å². The molecule has 2 N–H and O–H groups in total. The summed E-state index contributed by atoms with van der Waals surface area (Å²) in [4.78, 5) is 11.5. The molecule has 0 saturated carbocycles. The Morgan fingerprint density at radius 2 is 1.84 bits per heavy atom. The van der Waals surface area contributed by atoms with Crippen LogP contribution in [0.25, 0.3) is 0 Å². The molecule has 0 aliphatic rings. The summed E-state index contributed by atoms with van der Waals surface area (Å²) in [7, 11) is 0. The summed E-state index contributed by atoms with van der Waals surface area (Å²) in [6, 6.07) is 8.50. The van der Waals surface area contributed by atoms with E-state index in [9.17, 15) is 4.79 Å². The molecule has 1 heterocycles. The average molecular weight is 321 g/mol. The molecule has 2 rings (SSSR count). The Morgan fingerprint density at radius 3 is 2.37 bits per heavy atom. The summed E-state index contributed by atoms with van der Waals surface area (Å²) in [5.74, 6) is 0.534. The van der Waals surface area contributed by atoms with E-state index in [4.69, 9.17) is 5.73 Å². The summed E-state index contributed by atoms with van der Waals surface area (Å²) in [5.41, 5.74) is 8.28. The van der Waals surface area contributed by atoms with E-state index < -0.39 is 0 Å². The highest BCUT2D eigenvalue weighted by Crippen LogP contribution is 2.16. The van der Waals surface area contributed by atoms with Crippen LogP contribution in [0.5, 0.6) is 0 Å². The van der Waals surface area contributed by atoms with Crippen molar-refractivity contribution in [3.05, 3.63) is 62.5 Å². The summed E-state index contributed by atoms with van der Waals surface area (Å²) in [5, 5.41) is 0. The number of hydrogen-bond donors (Lipinski definition) is 1. The second kappa shape index (κ2) is 5.61. The van der Waals surface area contributed by atoms with Crippen molar-refractivity contribution < 1.29 is 0 Å². The zero-order chi connectivity index (χ0) is 14.0. The van der Waals surface area contributed by atoms with Crippen molar-refractivity contribution in [1.29, 1.82) is 0 Å². The van der Waals surface area contributed by atoms with Gasteiger partial charge in [0.1, 0.15) is 0 Å². The molecule has 1 aromatic heterocycles. The molecule has 1 aromatic carbocycles. The van der Waals surface area contributed by atoms with Crippen molar-refractivity contribution in [1.82, 2.24) is 4.57 Å². The van der Waals surface area contributed by atoms with Crippen LogP contribution in [0.2, 0.25) is 0 Å². The van der Waals surface area contributed by atoms with E-state index in [1.54, 1.807) is 12.4 Å². The molecule has 19 heavy (non-hydrogen) atoms. The number of pyridine rings is 1. The van der Waals surface area contributed by atoms with Crippen LogP contribution in [0.4, 0.5) is 5.69 Å². The smallest absolute Gasteiger partial charge is 0.218 e. The van der Waals surface area contributed by atoms with Crippen LogP contribution < -0.4 is 11.2 Å². The van der Waals surface area contributed by atoms with E-state index >= 15 is 0 Å². The molecule has 0 spiro atoms. The van der Waals surface area contributed by atoms with Crippen molar-refractivity contribution in [2.24, 2.45) is 0 Å². The van der Waals surface area contributed by atoms with Crippen LogP contribution in [0.15, 0.2) is 45.9 Å². The Labute approximate surface area is 121 Å². The van der Waals surface area contributed by atoms with Gasteiger partial charge in [-0.15, -0.1) is 0 Å². The second-order valence-corrected chi connectivity index (χ2v) is 5.81. The van der Waals surface area contributed by atoms with Gasteiger partial charge in [0.25, 0.3) is 0 Å². The SMILES string of the molecule is CC(C)c1ccc(Cn2cc(N)c(=O)c(Br)c2)cc1. The van der Waals surface area contributed by atoms with Crippen molar-refractivity contribution >= 4 is 21.6 Å². The lowest BCUT2D eigenvalue weighted by molar-refractivity contribution is 0.784. The molecule has 2 aromatic rings. The number of anilines is 1. The number of halogens is 1. The predicted molar refractivity (Wildman–Crippen MR) is 82.4 cm³/mol. The minimum absolute atomic E-state index is 0.161. The Hall–Kier alpha value is -1.55. The van der Waals surface area contributed by atoms with Crippen molar-refractivity contribution in [3.8, 4) is 0 Å². The van der Waals surface area contributed by atoms with Crippen molar-refractivity contribution in [2.75, 3.05) is 5.73 Å². The first-order valence-corrected chi connectivity index (χ1v) is 7.00. The van der Waals surface area contributed by atoms with Crippen LogP contribution in [0.3, 0.4) is 0 Å². The third kappa shape index (κ3) is 3.26. The lowest BCUT2D eigenvalue weighted by atomic mass is 10.0. The summed E-state index contributed by atoms with van der Waals surface area (Å²) < 4.78 is 2.40. The molecule has 0 radical (unpaired) electrons. The third-order valence-corrected chi connectivity index (χ3v) is 3.64. The normalized spacial score (nSPS) is 10.9. The Balaban J connectivity index is 2.24. The van der Waals surface area contributed by atoms with Gasteiger partial charge in [0.15, 0.2) is 0 Å².